The number of H-pyrrole nitrogens is 1. The molecule has 176 valence electrons. The highest BCUT2D eigenvalue weighted by molar-refractivity contribution is 7.85. The molecule has 2 aliphatic rings. The first-order valence-corrected chi connectivity index (χ1v) is 12.7. The minimum absolute atomic E-state index is 0.00768. The van der Waals surface area contributed by atoms with Gasteiger partial charge in [0.2, 0.25) is 0 Å². The number of fused-ring (bicyclic) bond motifs is 3. The van der Waals surface area contributed by atoms with E-state index in [1.165, 1.54) is 12.1 Å². The van der Waals surface area contributed by atoms with E-state index in [1.54, 1.807) is 12.1 Å². The minimum Gasteiger partial charge on any atom is -0.384 e. The summed E-state index contributed by atoms with van der Waals surface area (Å²) in [6.45, 7) is 0.412. The molecular weight excluding hydrogens is 464 g/mol. The fraction of sp³-hybridized carbons (Fsp3) is 0.148. The van der Waals surface area contributed by atoms with E-state index in [0.29, 0.717) is 30.3 Å². The number of para-hydroxylation sites is 2. The summed E-state index contributed by atoms with van der Waals surface area (Å²) in [6, 6.07) is 21.1. The van der Waals surface area contributed by atoms with Gasteiger partial charge in [-0.1, -0.05) is 42.5 Å². The van der Waals surface area contributed by atoms with Crippen LogP contribution in [0.15, 0.2) is 93.8 Å². The summed E-state index contributed by atoms with van der Waals surface area (Å²) in [5.41, 5.74) is 6.47. The van der Waals surface area contributed by atoms with Crippen molar-refractivity contribution in [3.05, 3.63) is 117 Å². The number of nitrogens with one attached hydrogen (secondary N) is 1. The van der Waals surface area contributed by atoms with Crippen molar-refractivity contribution in [3.8, 4) is 0 Å². The normalized spacial score (nSPS) is 17.2. The smallest absolute Gasteiger partial charge is 0.294 e. The first-order valence-electron chi connectivity index (χ1n) is 11.3. The Balaban J connectivity index is 1.47. The predicted molar refractivity (Wildman–Crippen MR) is 133 cm³/mol. The second kappa shape index (κ2) is 7.91. The number of aliphatic hydroxyl groups is 1. The van der Waals surface area contributed by atoms with Crippen molar-refractivity contribution in [2.45, 2.75) is 30.4 Å². The van der Waals surface area contributed by atoms with Crippen LogP contribution in [-0.2, 0) is 29.5 Å². The van der Waals surface area contributed by atoms with Gasteiger partial charge >= 0.3 is 0 Å². The van der Waals surface area contributed by atoms with Gasteiger partial charge in [0, 0.05) is 58.5 Å². The maximum atomic E-state index is 13.4. The second-order valence-corrected chi connectivity index (χ2v) is 10.4. The standard InChI is InChI=1S/C27H22N2O5S/c30-26-18-5-1-3-7-22(18)28-23-13-21-25(14-20(23)26)29(24-8-4-2-6-19(24)27(21)31)15-16-9-11-17(12-10-16)35(32,33)34/h1-12,27,31H,13-15H2,(H,28,30)(H,32,33,34). The van der Waals surface area contributed by atoms with Gasteiger partial charge in [0.1, 0.15) is 6.10 Å². The fourth-order valence-corrected chi connectivity index (χ4v) is 5.67. The number of hydrogen-bond acceptors (Lipinski definition) is 5. The van der Waals surface area contributed by atoms with Crippen LogP contribution in [0.4, 0.5) is 5.69 Å². The molecule has 0 saturated carbocycles. The van der Waals surface area contributed by atoms with Gasteiger partial charge in [-0.15, -0.1) is 0 Å². The number of benzene rings is 3. The van der Waals surface area contributed by atoms with Crippen molar-refractivity contribution in [3.63, 3.8) is 0 Å². The zero-order chi connectivity index (χ0) is 24.3. The minimum atomic E-state index is -4.28. The monoisotopic (exact) mass is 486 g/mol. The van der Waals surface area contributed by atoms with Crippen LogP contribution in [0.3, 0.4) is 0 Å². The van der Waals surface area contributed by atoms with Gasteiger partial charge in [-0.3, -0.25) is 9.35 Å². The summed E-state index contributed by atoms with van der Waals surface area (Å²) in [4.78, 5) is 18.7. The summed E-state index contributed by atoms with van der Waals surface area (Å²) in [7, 11) is -4.28. The number of pyridine rings is 1. The van der Waals surface area contributed by atoms with Gasteiger partial charge in [-0.05, 0) is 41.5 Å². The molecule has 0 bridgehead atoms. The van der Waals surface area contributed by atoms with Crippen molar-refractivity contribution in [1.29, 1.82) is 0 Å². The van der Waals surface area contributed by atoms with Gasteiger partial charge in [-0.25, -0.2) is 0 Å². The summed E-state index contributed by atoms with van der Waals surface area (Å²) in [5.74, 6) is 0. The van der Waals surface area contributed by atoms with E-state index in [2.05, 4.69) is 9.88 Å². The molecule has 8 heteroatoms. The zero-order valence-electron chi connectivity index (χ0n) is 18.6. The number of allylic oxidation sites excluding steroid dienone is 1. The molecule has 1 unspecified atom stereocenters. The number of anilines is 1. The third-order valence-corrected chi connectivity index (χ3v) is 7.79. The van der Waals surface area contributed by atoms with Gasteiger partial charge in [0.05, 0.1) is 4.90 Å². The highest BCUT2D eigenvalue weighted by Gasteiger charge is 2.35. The molecule has 0 amide bonds. The molecular formula is C27H22N2O5S. The fourth-order valence-electron chi connectivity index (χ4n) is 5.19. The highest BCUT2D eigenvalue weighted by atomic mass is 32.2. The van der Waals surface area contributed by atoms with Crippen molar-refractivity contribution in [2.75, 3.05) is 4.90 Å². The maximum absolute atomic E-state index is 13.4. The van der Waals surface area contributed by atoms with Crippen molar-refractivity contribution < 1.29 is 18.1 Å². The predicted octanol–water partition coefficient (Wildman–Crippen LogP) is 3.88. The molecule has 1 atom stereocenters. The van der Waals surface area contributed by atoms with E-state index in [-0.39, 0.29) is 10.3 Å². The van der Waals surface area contributed by atoms with Gasteiger partial charge < -0.3 is 15.0 Å². The van der Waals surface area contributed by atoms with E-state index in [0.717, 1.165) is 39.3 Å². The molecule has 35 heavy (non-hydrogen) atoms. The highest BCUT2D eigenvalue weighted by Crippen LogP contribution is 2.44. The summed E-state index contributed by atoms with van der Waals surface area (Å²) in [6.07, 6.45) is 0.0140. The lowest BCUT2D eigenvalue weighted by molar-refractivity contribution is 0.207. The topological polar surface area (TPSA) is 111 Å². The van der Waals surface area contributed by atoms with E-state index in [4.69, 9.17) is 0 Å². The molecule has 2 heterocycles. The maximum Gasteiger partial charge on any atom is 0.294 e. The van der Waals surface area contributed by atoms with Gasteiger partial charge in [-0.2, -0.15) is 8.42 Å². The van der Waals surface area contributed by atoms with Crippen LogP contribution >= 0.6 is 0 Å². The molecule has 0 fully saturated rings. The number of nitrogens with zero attached hydrogens (tertiary/aromatic N) is 1. The van der Waals surface area contributed by atoms with E-state index in [1.807, 2.05) is 48.5 Å². The Morgan fingerprint density at radius 3 is 2.43 bits per heavy atom. The number of aliphatic hydroxyl groups excluding tert-OH is 1. The van der Waals surface area contributed by atoms with E-state index < -0.39 is 16.2 Å². The third kappa shape index (κ3) is 3.58. The van der Waals surface area contributed by atoms with Crippen LogP contribution in [0.1, 0.15) is 28.5 Å². The summed E-state index contributed by atoms with van der Waals surface area (Å²) >= 11 is 0. The van der Waals surface area contributed by atoms with Crippen LogP contribution in [0.2, 0.25) is 0 Å². The Bertz CT molecular complexity index is 1690. The Kier molecular flexibility index (Phi) is 4.93. The molecule has 4 aromatic rings. The number of aromatic nitrogens is 1. The average Bonchev–Trinajstić information content (AvgIpc) is 2.86. The van der Waals surface area contributed by atoms with Gasteiger partial charge in [0.25, 0.3) is 10.1 Å². The lowest BCUT2D eigenvalue weighted by atomic mass is 9.82. The van der Waals surface area contributed by atoms with Crippen molar-refractivity contribution >= 4 is 26.7 Å². The number of rotatable bonds is 3. The number of aromatic amines is 1. The Hall–Kier alpha value is -3.72. The zero-order valence-corrected chi connectivity index (χ0v) is 19.4. The Labute approximate surface area is 201 Å². The first kappa shape index (κ1) is 21.8. The lowest BCUT2D eigenvalue weighted by Crippen LogP contribution is -2.35. The first-order chi connectivity index (χ1) is 16.8. The van der Waals surface area contributed by atoms with Crippen molar-refractivity contribution in [2.24, 2.45) is 0 Å². The molecule has 0 spiro atoms. The molecule has 7 nitrogen and oxygen atoms in total. The molecule has 1 aliphatic heterocycles. The quantitative estimate of drug-likeness (QED) is 0.379. The molecule has 1 aliphatic carbocycles. The third-order valence-electron chi connectivity index (χ3n) is 6.92. The van der Waals surface area contributed by atoms with E-state index in [9.17, 15) is 22.9 Å². The summed E-state index contributed by atoms with van der Waals surface area (Å²) in [5, 5.41) is 11.9. The molecule has 0 radical (unpaired) electrons. The van der Waals surface area contributed by atoms with Crippen LogP contribution in [0, 0.1) is 0 Å². The Morgan fingerprint density at radius 2 is 1.66 bits per heavy atom. The second-order valence-electron chi connectivity index (χ2n) is 8.95. The molecule has 3 aromatic carbocycles. The van der Waals surface area contributed by atoms with Crippen LogP contribution in [0.25, 0.3) is 10.9 Å². The van der Waals surface area contributed by atoms with E-state index >= 15 is 0 Å². The largest absolute Gasteiger partial charge is 0.384 e. The average molecular weight is 487 g/mol. The van der Waals surface area contributed by atoms with Crippen LogP contribution in [-0.4, -0.2) is 23.1 Å². The summed E-state index contributed by atoms with van der Waals surface area (Å²) < 4.78 is 32.2. The number of hydrogen-bond donors (Lipinski definition) is 3. The SMILES string of the molecule is O=c1c2c([nH]c3ccccc13)CC1=C(C2)N(Cc2ccc(S(=O)(=O)O)cc2)c2ccccc2C1O. The lowest BCUT2D eigenvalue weighted by Gasteiger charge is -2.40. The van der Waals surface area contributed by atoms with Crippen molar-refractivity contribution in [1.82, 2.24) is 4.98 Å². The van der Waals surface area contributed by atoms with Gasteiger partial charge in [0.15, 0.2) is 5.43 Å². The molecule has 6 rings (SSSR count). The Morgan fingerprint density at radius 1 is 0.943 bits per heavy atom. The molecule has 0 saturated heterocycles. The molecule has 1 aromatic heterocycles. The molecule has 3 N–H and O–H groups in total. The van der Waals surface area contributed by atoms with Crippen LogP contribution in [0.5, 0.6) is 0 Å². The van der Waals surface area contributed by atoms with Crippen LogP contribution < -0.4 is 10.3 Å².